The predicted molar refractivity (Wildman–Crippen MR) is 120 cm³/mol. The maximum Gasteiger partial charge on any atom is 0.410 e. The number of benzene rings is 1. The summed E-state index contributed by atoms with van der Waals surface area (Å²) in [4.78, 5) is 39.1. The number of piperidine rings is 1. The molecule has 0 unspecified atom stereocenters. The van der Waals surface area contributed by atoms with E-state index in [-0.39, 0.29) is 29.7 Å². The Morgan fingerprint density at radius 1 is 0.935 bits per heavy atom. The summed E-state index contributed by atoms with van der Waals surface area (Å²) in [5.41, 5.74) is 0.750. The topological polar surface area (TPSA) is 75.7 Å². The van der Waals surface area contributed by atoms with Gasteiger partial charge < -0.3 is 15.0 Å². The van der Waals surface area contributed by atoms with Crippen LogP contribution in [0.25, 0.3) is 0 Å². The van der Waals surface area contributed by atoms with Crippen molar-refractivity contribution in [2.45, 2.75) is 83.8 Å². The van der Waals surface area contributed by atoms with E-state index >= 15 is 0 Å². The lowest BCUT2D eigenvalue weighted by Gasteiger charge is -2.33. The minimum absolute atomic E-state index is 0.0552. The lowest BCUT2D eigenvalue weighted by molar-refractivity contribution is 0.0183. The number of likely N-dealkylation sites (tertiary alicyclic amines) is 1. The van der Waals surface area contributed by atoms with Gasteiger partial charge in [0.25, 0.3) is 5.91 Å². The van der Waals surface area contributed by atoms with Gasteiger partial charge in [0.15, 0.2) is 5.78 Å². The third-order valence-electron chi connectivity index (χ3n) is 6.15. The molecule has 0 radical (unpaired) electrons. The summed E-state index contributed by atoms with van der Waals surface area (Å²) in [7, 11) is 0. The molecule has 2 fully saturated rings. The zero-order valence-electron chi connectivity index (χ0n) is 19.1. The average Bonchev–Trinajstić information content (AvgIpc) is 2.74. The number of hydrogen-bond donors (Lipinski definition) is 1. The molecular formula is C25H36N2O4. The zero-order chi connectivity index (χ0) is 22.4. The van der Waals surface area contributed by atoms with Crippen molar-refractivity contribution in [1.29, 1.82) is 0 Å². The van der Waals surface area contributed by atoms with Crippen molar-refractivity contribution < 1.29 is 19.1 Å². The highest BCUT2D eigenvalue weighted by atomic mass is 16.6. The second-order valence-electron chi connectivity index (χ2n) is 9.92. The highest BCUT2D eigenvalue weighted by Gasteiger charge is 2.28. The first-order chi connectivity index (χ1) is 14.7. The van der Waals surface area contributed by atoms with Gasteiger partial charge in [-0.15, -0.1) is 0 Å². The molecule has 1 aliphatic carbocycles. The third kappa shape index (κ3) is 7.08. The molecule has 2 aliphatic rings. The number of rotatable bonds is 5. The minimum Gasteiger partial charge on any atom is -0.444 e. The van der Waals surface area contributed by atoms with Crippen LogP contribution in [0.15, 0.2) is 24.3 Å². The molecule has 170 valence electrons. The van der Waals surface area contributed by atoms with Crippen molar-refractivity contribution in [2.75, 3.05) is 13.1 Å². The Hall–Kier alpha value is -2.37. The largest absolute Gasteiger partial charge is 0.444 e. The third-order valence-corrected chi connectivity index (χ3v) is 6.15. The number of ketones is 1. The van der Waals surface area contributed by atoms with Crippen LogP contribution >= 0.6 is 0 Å². The first-order valence-electron chi connectivity index (χ1n) is 11.6. The summed E-state index contributed by atoms with van der Waals surface area (Å²) in [6.07, 6.45) is 7.49. The molecule has 1 aromatic carbocycles. The normalized spacial score (nSPS) is 18.5. The number of carbonyl (C=O) groups is 3. The Morgan fingerprint density at radius 3 is 2.10 bits per heavy atom. The van der Waals surface area contributed by atoms with Gasteiger partial charge in [-0.1, -0.05) is 31.4 Å². The van der Waals surface area contributed by atoms with E-state index in [9.17, 15) is 14.4 Å². The minimum atomic E-state index is -0.497. The van der Waals surface area contributed by atoms with Gasteiger partial charge in [0.1, 0.15) is 5.60 Å². The molecule has 1 aromatic rings. The quantitative estimate of drug-likeness (QED) is 0.672. The average molecular weight is 429 g/mol. The smallest absolute Gasteiger partial charge is 0.410 e. The fraction of sp³-hybridized carbons (Fsp3) is 0.640. The Bertz CT molecular complexity index is 768. The van der Waals surface area contributed by atoms with Gasteiger partial charge in [0, 0.05) is 36.7 Å². The summed E-state index contributed by atoms with van der Waals surface area (Å²) in [5.74, 6) is 0.302. The van der Waals surface area contributed by atoms with Crippen LogP contribution in [0, 0.1) is 5.92 Å². The molecule has 0 spiro atoms. The first kappa shape index (κ1) is 23.3. The molecule has 1 saturated carbocycles. The maximum atomic E-state index is 12.7. The van der Waals surface area contributed by atoms with Crippen LogP contribution in [0.5, 0.6) is 0 Å². The highest BCUT2D eigenvalue weighted by molar-refractivity contribution is 5.99. The van der Waals surface area contributed by atoms with Crippen molar-refractivity contribution in [3.05, 3.63) is 35.4 Å². The molecule has 0 atom stereocenters. The summed E-state index contributed by atoms with van der Waals surface area (Å²) >= 11 is 0. The van der Waals surface area contributed by atoms with Gasteiger partial charge in [0.05, 0.1) is 0 Å². The van der Waals surface area contributed by atoms with Crippen LogP contribution in [0.2, 0.25) is 0 Å². The molecule has 6 nitrogen and oxygen atoms in total. The number of Topliss-reactive ketones (excluding diaryl/α,β-unsaturated/α-hetero) is 1. The highest BCUT2D eigenvalue weighted by Crippen LogP contribution is 2.24. The SMILES string of the molecule is CC(C)(C)OC(=O)N1CCC(CC(=O)c2ccc(C(=O)NC3CCCCC3)cc2)CC1. The number of nitrogens with one attached hydrogen (secondary N) is 1. The van der Waals surface area contributed by atoms with Crippen LogP contribution in [0.4, 0.5) is 4.79 Å². The van der Waals surface area contributed by atoms with Gasteiger partial charge in [-0.25, -0.2) is 4.79 Å². The van der Waals surface area contributed by atoms with Crippen LogP contribution in [-0.4, -0.2) is 47.4 Å². The summed E-state index contributed by atoms with van der Waals surface area (Å²) in [6, 6.07) is 7.28. The van der Waals surface area contributed by atoms with Crippen LogP contribution in [0.1, 0.15) is 92.9 Å². The first-order valence-corrected chi connectivity index (χ1v) is 11.6. The van der Waals surface area contributed by atoms with Crippen LogP contribution < -0.4 is 5.32 Å². The predicted octanol–water partition coefficient (Wildman–Crippen LogP) is 4.97. The van der Waals surface area contributed by atoms with E-state index in [2.05, 4.69) is 5.32 Å². The second-order valence-corrected chi connectivity index (χ2v) is 9.92. The van der Waals surface area contributed by atoms with E-state index in [0.29, 0.717) is 30.6 Å². The van der Waals surface area contributed by atoms with E-state index < -0.39 is 5.60 Å². The molecule has 1 saturated heterocycles. The van der Waals surface area contributed by atoms with Crippen molar-refractivity contribution >= 4 is 17.8 Å². The number of ether oxygens (including phenoxy) is 1. The second kappa shape index (κ2) is 10.3. The lowest BCUT2D eigenvalue weighted by Crippen LogP contribution is -2.42. The van der Waals surface area contributed by atoms with Gasteiger partial charge in [-0.2, -0.15) is 0 Å². The van der Waals surface area contributed by atoms with Crippen LogP contribution in [0.3, 0.4) is 0 Å². The lowest BCUT2D eigenvalue weighted by atomic mass is 9.90. The van der Waals surface area contributed by atoms with E-state index in [1.165, 1.54) is 19.3 Å². The number of amides is 2. The number of nitrogens with zero attached hydrogens (tertiary/aromatic N) is 1. The molecule has 2 amide bonds. The van der Waals surface area contributed by atoms with Gasteiger partial charge >= 0.3 is 6.09 Å². The van der Waals surface area contributed by atoms with Crippen molar-refractivity contribution in [2.24, 2.45) is 5.92 Å². The summed E-state index contributed by atoms with van der Waals surface area (Å²) in [6.45, 7) is 6.82. The Kier molecular flexibility index (Phi) is 7.74. The number of carbonyl (C=O) groups excluding carboxylic acids is 3. The van der Waals surface area contributed by atoms with Gasteiger partial charge in [-0.05, 0) is 64.5 Å². The molecule has 1 aliphatic heterocycles. The van der Waals surface area contributed by atoms with E-state index in [1.54, 1.807) is 29.2 Å². The standard InChI is InChI=1S/C25H36N2O4/c1-25(2,3)31-24(30)27-15-13-18(14-16-27)17-22(28)19-9-11-20(12-10-19)23(29)26-21-7-5-4-6-8-21/h9-12,18,21H,4-8,13-17H2,1-3H3,(H,26,29). The van der Waals surface area contributed by atoms with E-state index in [4.69, 9.17) is 4.74 Å². The molecule has 0 bridgehead atoms. The van der Waals surface area contributed by atoms with Gasteiger partial charge in [0.2, 0.25) is 0 Å². The van der Waals surface area contributed by atoms with Crippen molar-refractivity contribution in [1.82, 2.24) is 10.2 Å². The fourth-order valence-corrected chi connectivity index (χ4v) is 4.35. The molecule has 3 rings (SSSR count). The summed E-state index contributed by atoms with van der Waals surface area (Å²) in [5, 5.41) is 3.11. The fourth-order valence-electron chi connectivity index (χ4n) is 4.35. The molecule has 6 heteroatoms. The van der Waals surface area contributed by atoms with Crippen molar-refractivity contribution in [3.8, 4) is 0 Å². The Balaban J connectivity index is 1.45. The molecule has 1 heterocycles. The number of hydrogen-bond acceptors (Lipinski definition) is 4. The molecule has 31 heavy (non-hydrogen) atoms. The summed E-state index contributed by atoms with van der Waals surface area (Å²) < 4.78 is 5.43. The van der Waals surface area contributed by atoms with E-state index in [0.717, 1.165) is 25.7 Å². The zero-order valence-corrected chi connectivity index (χ0v) is 19.1. The Morgan fingerprint density at radius 2 is 1.52 bits per heavy atom. The van der Waals surface area contributed by atoms with Gasteiger partial charge in [-0.3, -0.25) is 9.59 Å². The molecule has 0 aromatic heterocycles. The van der Waals surface area contributed by atoms with Crippen LogP contribution in [-0.2, 0) is 4.74 Å². The molecular weight excluding hydrogens is 392 g/mol. The molecule has 1 N–H and O–H groups in total. The Labute approximate surface area is 185 Å². The maximum absolute atomic E-state index is 12.7. The van der Waals surface area contributed by atoms with Crippen molar-refractivity contribution in [3.63, 3.8) is 0 Å². The monoisotopic (exact) mass is 428 g/mol. The van der Waals surface area contributed by atoms with E-state index in [1.807, 2.05) is 20.8 Å².